The average molecular weight is 163 g/mol. The molecule has 2 aromatic rings. The summed E-state index contributed by atoms with van der Waals surface area (Å²) in [6, 6.07) is 1.67. The topological polar surface area (TPSA) is 97.6 Å². The first-order chi connectivity index (χ1) is 5.79. The van der Waals surface area contributed by atoms with Crippen molar-refractivity contribution in [3.8, 4) is 0 Å². The zero-order chi connectivity index (χ0) is 8.55. The number of amides is 1. The van der Waals surface area contributed by atoms with Crippen LogP contribution in [0.3, 0.4) is 0 Å². The van der Waals surface area contributed by atoms with Crippen molar-refractivity contribution in [3.05, 3.63) is 18.0 Å². The SMILES string of the molecule is NC(=O)c1n[nH]c2ccnnc12. The van der Waals surface area contributed by atoms with E-state index in [1.54, 1.807) is 6.07 Å². The van der Waals surface area contributed by atoms with Crippen molar-refractivity contribution in [3.63, 3.8) is 0 Å². The Morgan fingerprint density at radius 2 is 2.42 bits per heavy atom. The predicted molar refractivity (Wildman–Crippen MR) is 40.2 cm³/mol. The van der Waals surface area contributed by atoms with E-state index >= 15 is 0 Å². The zero-order valence-corrected chi connectivity index (χ0v) is 5.98. The molecule has 0 aliphatic carbocycles. The largest absolute Gasteiger partial charge is 0.364 e. The van der Waals surface area contributed by atoms with Gasteiger partial charge in [0.15, 0.2) is 5.69 Å². The van der Waals surface area contributed by atoms with Gasteiger partial charge in [-0.25, -0.2) is 0 Å². The van der Waals surface area contributed by atoms with Gasteiger partial charge >= 0.3 is 0 Å². The van der Waals surface area contributed by atoms with Crippen molar-refractivity contribution in [2.75, 3.05) is 0 Å². The summed E-state index contributed by atoms with van der Waals surface area (Å²) >= 11 is 0. The van der Waals surface area contributed by atoms with Crippen molar-refractivity contribution in [1.82, 2.24) is 20.4 Å². The summed E-state index contributed by atoms with van der Waals surface area (Å²) in [5.41, 5.74) is 6.22. The molecule has 60 valence electrons. The van der Waals surface area contributed by atoms with Crippen molar-refractivity contribution >= 4 is 16.9 Å². The molecule has 2 aromatic heterocycles. The van der Waals surface area contributed by atoms with Gasteiger partial charge in [-0.3, -0.25) is 9.89 Å². The average Bonchev–Trinajstić information content (AvgIpc) is 2.47. The third-order valence-electron chi connectivity index (χ3n) is 1.47. The van der Waals surface area contributed by atoms with E-state index in [0.717, 1.165) is 0 Å². The lowest BCUT2D eigenvalue weighted by molar-refractivity contribution is 0.0997. The van der Waals surface area contributed by atoms with Crippen LogP contribution in [0.2, 0.25) is 0 Å². The maximum atomic E-state index is 10.7. The highest BCUT2D eigenvalue weighted by atomic mass is 16.1. The van der Waals surface area contributed by atoms with Crippen LogP contribution >= 0.6 is 0 Å². The summed E-state index contributed by atoms with van der Waals surface area (Å²) < 4.78 is 0. The molecule has 0 fully saturated rings. The fraction of sp³-hybridized carbons (Fsp3) is 0. The Balaban J connectivity index is 2.79. The summed E-state index contributed by atoms with van der Waals surface area (Å²) in [4.78, 5) is 10.7. The number of carbonyl (C=O) groups excluding carboxylic acids is 1. The van der Waals surface area contributed by atoms with Crippen LogP contribution in [-0.4, -0.2) is 26.3 Å². The number of nitrogens with zero attached hydrogens (tertiary/aromatic N) is 3. The number of rotatable bonds is 1. The number of fused-ring (bicyclic) bond motifs is 1. The minimum atomic E-state index is -0.609. The van der Waals surface area contributed by atoms with E-state index in [0.29, 0.717) is 11.0 Å². The van der Waals surface area contributed by atoms with Gasteiger partial charge < -0.3 is 5.73 Å². The van der Waals surface area contributed by atoms with Crippen molar-refractivity contribution in [2.45, 2.75) is 0 Å². The van der Waals surface area contributed by atoms with E-state index in [1.807, 2.05) is 0 Å². The number of nitrogens with two attached hydrogens (primary N) is 1. The lowest BCUT2D eigenvalue weighted by Gasteiger charge is -1.86. The van der Waals surface area contributed by atoms with Gasteiger partial charge in [-0.2, -0.15) is 10.2 Å². The molecule has 0 radical (unpaired) electrons. The van der Waals surface area contributed by atoms with Gasteiger partial charge in [0, 0.05) is 0 Å². The summed E-state index contributed by atoms with van der Waals surface area (Å²) in [7, 11) is 0. The molecule has 6 nitrogen and oxygen atoms in total. The molecule has 0 aromatic carbocycles. The normalized spacial score (nSPS) is 10.3. The van der Waals surface area contributed by atoms with E-state index in [9.17, 15) is 4.79 Å². The molecule has 6 heteroatoms. The van der Waals surface area contributed by atoms with Crippen LogP contribution in [0.4, 0.5) is 0 Å². The Morgan fingerprint density at radius 1 is 1.58 bits per heavy atom. The van der Waals surface area contributed by atoms with Gasteiger partial charge in [-0.15, -0.1) is 5.10 Å². The monoisotopic (exact) mass is 163 g/mol. The Kier molecular flexibility index (Phi) is 1.26. The molecule has 0 bridgehead atoms. The summed E-state index contributed by atoms with van der Waals surface area (Å²) in [5, 5.41) is 13.6. The fourth-order valence-electron chi connectivity index (χ4n) is 0.938. The third kappa shape index (κ3) is 0.815. The van der Waals surface area contributed by atoms with Crippen molar-refractivity contribution in [1.29, 1.82) is 0 Å². The second-order valence-corrected chi connectivity index (χ2v) is 2.23. The first-order valence-corrected chi connectivity index (χ1v) is 3.24. The van der Waals surface area contributed by atoms with Gasteiger partial charge in [0.1, 0.15) is 5.52 Å². The molecule has 0 aliphatic rings. The molecular formula is C6H5N5O. The number of nitrogens with one attached hydrogen (secondary N) is 1. The molecule has 3 N–H and O–H groups in total. The number of H-pyrrole nitrogens is 1. The van der Waals surface area contributed by atoms with Crippen LogP contribution in [0, 0.1) is 0 Å². The van der Waals surface area contributed by atoms with Crippen LogP contribution in [0.15, 0.2) is 12.3 Å². The number of primary amides is 1. The molecule has 0 saturated carbocycles. The van der Waals surface area contributed by atoms with Gasteiger partial charge in [0.25, 0.3) is 5.91 Å². The molecule has 2 rings (SSSR count). The summed E-state index contributed by atoms with van der Waals surface area (Å²) in [5.74, 6) is -0.609. The second-order valence-electron chi connectivity index (χ2n) is 2.23. The summed E-state index contributed by atoms with van der Waals surface area (Å²) in [6.45, 7) is 0. The molecule has 0 atom stereocenters. The van der Waals surface area contributed by atoms with E-state index in [2.05, 4.69) is 20.4 Å². The number of hydrogen-bond donors (Lipinski definition) is 2. The lowest BCUT2D eigenvalue weighted by atomic mass is 10.3. The van der Waals surface area contributed by atoms with Crippen molar-refractivity contribution in [2.24, 2.45) is 5.73 Å². The van der Waals surface area contributed by atoms with Gasteiger partial charge in [-0.05, 0) is 6.07 Å². The first-order valence-electron chi connectivity index (χ1n) is 3.24. The number of aromatic amines is 1. The standard InChI is InChI=1S/C6H5N5O/c7-6(12)5-4-3(9-11-5)1-2-8-10-4/h1-2H,(H2,7,12)(H,9,11). The van der Waals surface area contributed by atoms with Crippen LogP contribution in [-0.2, 0) is 0 Å². The van der Waals surface area contributed by atoms with Crippen LogP contribution < -0.4 is 5.73 Å². The molecule has 0 saturated heterocycles. The smallest absolute Gasteiger partial charge is 0.271 e. The lowest BCUT2D eigenvalue weighted by Crippen LogP contribution is -2.12. The minimum Gasteiger partial charge on any atom is -0.364 e. The Morgan fingerprint density at radius 3 is 3.17 bits per heavy atom. The third-order valence-corrected chi connectivity index (χ3v) is 1.47. The van der Waals surface area contributed by atoms with Gasteiger partial charge in [0.2, 0.25) is 0 Å². The van der Waals surface area contributed by atoms with Gasteiger partial charge in [0.05, 0.1) is 11.7 Å². The molecule has 0 unspecified atom stereocenters. The molecule has 0 aliphatic heterocycles. The summed E-state index contributed by atoms with van der Waals surface area (Å²) in [6.07, 6.45) is 1.51. The quantitative estimate of drug-likeness (QED) is 0.589. The number of carbonyl (C=O) groups is 1. The van der Waals surface area contributed by atoms with Crippen LogP contribution in [0.5, 0.6) is 0 Å². The second kappa shape index (κ2) is 2.26. The molecular weight excluding hydrogens is 158 g/mol. The molecule has 2 heterocycles. The maximum Gasteiger partial charge on any atom is 0.271 e. The maximum absolute atomic E-state index is 10.7. The van der Waals surface area contributed by atoms with Crippen LogP contribution in [0.25, 0.3) is 11.0 Å². The van der Waals surface area contributed by atoms with E-state index in [4.69, 9.17) is 5.73 Å². The van der Waals surface area contributed by atoms with Crippen LogP contribution in [0.1, 0.15) is 10.5 Å². The van der Waals surface area contributed by atoms with Crippen molar-refractivity contribution < 1.29 is 4.79 Å². The zero-order valence-electron chi connectivity index (χ0n) is 5.98. The van der Waals surface area contributed by atoms with E-state index in [-0.39, 0.29) is 5.69 Å². The van der Waals surface area contributed by atoms with E-state index < -0.39 is 5.91 Å². The highest BCUT2D eigenvalue weighted by Crippen LogP contribution is 2.09. The molecule has 1 amide bonds. The number of aromatic nitrogens is 4. The Bertz CT molecular complexity index is 434. The van der Waals surface area contributed by atoms with Gasteiger partial charge in [-0.1, -0.05) is 0 Å². The minimum absolute atomic E-state index is 0.123. The van der Waals surface area contributed by atoms with E-state index in [1.165, 1.54) is 6.20 Å². The fourth-order valence-corrected chi connectivity index (χ4v) is 0.938. The highest BCUT2D eigenvalue weighted by molar-refractivity contribution is 6.01. The highest BCUT2D eigenvalue weighted by Gasteiger charge is 2.11. The Hall–Kier alpha value is -1.98. The molecule has 0 spiro atoms. The molecule has 12 heavy (non-hydrogen) atoms. The predicted octanol–water partition coefficient (Wildman–Crippen LogP) is -0.548. The number of hydrogen-bond acceptors (Lipinski definition) is 4. The Labute approximate surface area is 66.8 Å². The first kappa shape index (κ1) is 6.71.